The van der Waals surface area contributed by atoms with Gasteiger partial charge < -0.3 is 35.1 Å². The van der Waals surface area contributed by atoms with E-state index in [1.54, 1.807) is 111 Å². The molecule has 2 rings (SSSR count). The molecule has 56 heavy (non-hydrogen) atoms. The van der Waals surface area contributed by atoms with Gasteiger partial charge in [-0.15, -0.1) is 0 Å². The quantitative estimate of drug-likeness (QED) is 0.154. The molecule has 0 aliphatic heterocycles. The van der Waals surface area contributed by atoms with Gasteiger partial charge in [0.25, 0.3) is 0 Å². The van der Waals surface area contributed by atoms with E-state index in [1.807, 2.05) is 6.07 Å². The van der Waals surface area contributed by atoms with Crippen molar-refractivity contribution in [2.75, 3.05) is 25.6 Å². The van der Waals surface area contributed by atoms with Gasteiger partial charge in [0.15, 0.2) is 0 Å². The molecule has 0 spiro atoms. The lowest BCUT2D eigenvalue weighted by Crippen LogP contribution is -2.58. The molecule has 4 amide bonds. The summed E-state index contributed by atoms with van der Waals surface area (Å²) in [5, 5.41) is 8.08. The van der Waals surface area contributed by atoms with Crippen LogP contribution in [0.2, 0.25) is 0 Å². The number of hydrogen-bond acceptors (Lipinski definition) is 10. The van der Waals surface area contributed by atoms with Gasteiger partial charge in [0.2, 0.25) is 17.7 Å². The first-order chi connectivity index (χ1) is 25.8. The Hall–Kier alpha value is -4.79. The summed E-state index contributed by atoms with van der Waals surface area (Å²) >= 11 is 0. The number of ether oxygens (including phenoxy) is 3. The van der Waals surface area contributed by atoms with Crippen LogP contribution >= 0.6 is 0 Å². The third kappa shape index (κ3) is 18.2. The third-order valence-corrected chi connectivity index (χ3v) is 8.68. The lowest BCUT2D eigenvalue weighted by molar-refractivity contribution is -0.155. The van der Waals surface area contributed by atoms with Gasteiger partial charge in [0.05, 0.1) is 11.8 Å². The van der Waals surface area contributed by atoms with E-state index in [9.17, 15) is 33.0 Å². The molecule has 0 fully saturated rings. The molecule has 0 bridgehead atoms. The Labute approximate surface area is 333 Å². The number of amides is 4. The molecule has 4 atom stereocenters. The molecule has 14 nitrogen and oxygen atoms in total. The fraction of sp³-hybridized carbons (Fsp3) is 0.561. The standard InChI is InChI=1S/C41H60N4O10S/c1-39(2,3)37(50)53-29-19-17-28(18-20-29)25-31(44-38(51)55-41(7,8)9)35(48)42-30(22-24-56(11)52)34(47)43-32(26-27-15-13-12-14-16-27)36(49)45(10)23-21-33(46)54-40(4,5)6/h12-20,30-32H,21-26H2,1-11H3,(H,42,48)(H,43,47)(H,44,51)/t30-,31+,32+,56?/m1/s1. The number of carbonyl (C=O) groups excluding carboxylic acids is 6. The van der Waals surface area contributed by atoms with Gasteiger partial charge in [0.1, 0.15) is 35.1 Å². The zero-order valence-electron chi connectivity index (χ0n) is 34.6. The monoisotopic (exact) mass is 800 g/mol. The van der Waals surface area contributed by atoms with Gasteiger partial charge >= 0.3 is 18.0 Å². The molecule has 310 valence electrons. The average molecular weight is 801 g/mol. The largest absolute Gasteiger partial charge is 0.460 e. The number of esters is 2. The van der Waals surface area contributed by atoms with Crippen LogP contribution in [0.25, 0.3) is 0 Å². The second kappa shape index (κ2) is 20.9. The predicted octanol–water partition coefficient (Wildman–Crippen LogP) is 4.25. The molecule has 15 heteroatoms. The first-order valence-corrected chi connectivity index (χ1v) is 20.3. The number of benzene rings is 2. The summed E-state index contributed by atoms with van der Waals surface area (Å²) in [6.45, 7) is 15.5. The Kier molecular flexibility index (Phi) is 17.7. The van der Waals surface area contributed by atoms with Crippen LogP contribution in [0, 0.1) is 5.41 Å². The number of nitrogens with zero attached hydrogens (tertiary/aromatic N) is 1. The van der Waals surface area contributed by atoms with E-state index in [1.165, 1.54) is 18.2 Å². The van der Waals surface area contributed by atoms with Crippen molar-refractivity contribution < 1.29 is 47.2 Å². The first kappa shape index (κ1) is 47.4. The van der Waals surface area contributed by atoms with Gasteiger partial charge in [-0.3, -0.25) is 28.2 Å². The number of rotatable bonds is 17. The minimum atomic E-state index is -1.34. The minimum Gasteiger partial charge on any atom is -0.460 e. The van der Waals surface area contributed by atoms with Crippen molar-refractivity contribution in [2.45, 2.75) is 117 Å². The second-order valence-corrected chi connectivity index (χ2v) is 18.2. The molecule has 2 aromatic rings. The maximum atomic E-state index is 14.0. The van der Waals surface area contributed by atoms with Crippen LogP contribution in [0.4, 0.5) is 4.79 Å². The summed E-state index contributed by atoms with van der Waals surface area (Å²) in [6.07, 6.45) is 0.550. The molecule has 0 saturated carbocycles. The Morgan fingerprint density at radius 1 is 0.696 bits per heavy atom. The molecule has 0 aromatic heterocycles. The maximum absolute atomic E-state index is 14.0. The fourth-order valence-corrected chi connectivity index (χ4v) is 5.59. The molecule has 0 aliphatic rings. The number of hydrogen-bond donors (Lipinski definition) is 3. The van der Waals surface area contributed by atoms with Crippen molar-refractivity contribution >= 4 is 46.6 Å². The Bertz CT molecular complexity index is 1680. The van der Waals surface area contributed by atoms with Gasteiger partial charge in [0, 0.05) is 49.2 Å². The van der Waals surface area contributed by atoms with Crippen molar-refractivity contribution in [3.05, 3.63) is 65.7 Å². The van der Waals surface area contributed by atoms with Crippen LogP contribution in [0.1, 0.15) is 86.3 Å². The molecule has 0 heterocycles. The van der Waals surface area contributed by atoms with Crippen molar-refractivity contribution in [2.24, 2.45) is 5.41 Å². The number of likely N-dealkylation sites (N-methyl/N-ethyl adjacent to an activating group) is 1. The number of alkyl carbamates (subject to hydrolysis) is 1. The van der Waals surface area contributed by atoms with E-state index in [-0.39, 0.29) is 38.0 Å². The highest BCUT2D eigenvalue weighted by atomic mass is 32.2. The minimum absolute atomic E-state index is 0.0297. The van der Waals surface area contributed by atoms with E-state index < -0.39 is 81.3 Å². The van der Waals surface area contributed by atoms with E-state index in [2.05, 4.69) is 16.0 Å². The van der Waals surface area contributed by atoms with Crippen LogP contribution in [-0.4, -0.2) is 99.8 Å². The van der Waals surface area contributed by atoms with E-state index in [4.69, 9.17) is 14.2 Å². The van der Waals surface area contributed by atoms with E-state index in [0.29, 0.717) is 11.3 Å². The molecule has 3 N–H and O–H groups in total. The smallest absolute Gasteiger partial charge is 0.408 e. The molecule has 1 unspecified atom stereocenters. The maximum Gasteiger partial charge on any atom is 0.408 e. The number of carbonyl (C=O) groups is 6. The summed E-state index contributed by atoms with van der Waals surface area (Å²) in [4.78, 5) is 80.8. The van der Waals surface area contributed by atoms with Crippen LogP contribution in [-0.2, 0) is 57.1 Å². The lowest BCUT2D eigenvalue weighted by atomic mass is 9.97. The van der Waals surface area contributed by atoms with Gasteiger partial charge in [-0.2, -0.15) is 0 Å². The van der Waals surface area contributed by atoms with E-state index >= 15 is 0 Å². The SMILES string of the molecule is CN(CCC(=O)OC(C)(C)C)C(=O)[C@H](Cc1ccccc1)NC(=O)[C@@H](CCS(C)=O)NC(=O)[C@H](Cc1ccc(OC(=O)C(C)(C)C)cc1)NC(=O)OC(C)(C)C. The topological polar surface area (TPSA) is 187 Å². The Morgan fingerprint density at radius 2 is 1.21 bits per heavy atom. The summed E-state index contributed by atoms with van der Waals surface area (Å²) in [6, 6.07) is 11.9. The van der Waals surface area contributed by atoms with Crippen molar-refractivity contribution in [3.63, 3.8) is 0 Å². The summed E-state index contributed by atoms with van der Waals surface area (Å²) < 4.78 is 28.4. The first-order valence-electron chi connectivity index (χ1n) is 18.5. The predicted molar refractivity (Wildman–Crippen MR) is 214 cm³/mol. The zero-order valence-corrected chi connectivity index (χ0v) is 35.4. The molecule has 0 radical (unpaired) electrons. The molecule has 0 saturated heterocycles. The molecular weight excluding hydrogens is 741 g/mol. The molecular formula is C41H60N4O10S. The van der Waals surface area contributed by atoms with E-state index in [0.717, 1.165) is 5.56 Å². The van der Waals surface area contributed by atoms with Crippen molar-refractivity contribution in [1.82, 2.24) is 20.9 Å². The van der Waals surface area contributed by atoms with Gasteiger partial charge in [-0.25, -0.2) is 4.79 Å². The zero-order chi connectivity index (χ0) is 42.4. The van der Waals surface area contributed by atoms with Crippen molar-refractivity contribution in [1.29, 1.82) is 0 Å². The summed E-state index contributed by atoms with van der Waals surface area (Å²) in [7, 11) is 0.175. The highest BCUT2D eigenvalue weighted by Gasteiger charge is 2.32. The Balaban J connectivity index is 2.37. The normalized spacial score (nSPS) is 13.9. The van der Waals surface area contributed by atoms with Crippen molar-refractivity contribution in [3.8, 4) is 5.75 Å². The summed E-state index contributed by atoms with van der Waals surface area (Å²) in [5.41, 5.74) is -0.950. The van der Waals surface area contributed by atoms with Crippen LogP contribution in [0.15, 0.2) is 54.6 Å². The van der Waals surface area contributed by atoms with Crippen LogP contribution in [0.3, 0.4) is 0 Å². The third-order valence-electron chi connectivity index (χ3n) is 7.87. The molecule has 0 aliphatic carbocycles. The summed E-state index contributed by atoms with van der Waals surface area (Å²) in [5.74, 6) is -2.48. The van der Waals surface area contributed by atoms with Crippen LogP contribution in [0.5, 0.6) is 5.75 Å². The second-order valence-electron chi connectivity index (χ2n) is 16.7. The highest BCUT2D eigenvalue weighted by molar-refractivity contribution is 7.84. The molecule has 2 aromatic carbocycles. The average Bonchev–Trinajstić information content (AvgIpc) is 3.07. The Morgan fingerprint density at radius 3 is 1.75 bits per heavy atom. The van der Waals surface area contributed by atoms with Gasteiger partial charge in [-0.05, 0) is 92.0 Å². The van der Waals surface area contributed by atoms with Crippen LogP contribution < -0.4 is 20.7 Å². The van der Waals surface area contributed by atoms with Gasteiger partial charge in [-0.1, -0.05) is 42.5 Å². The fourth-order valence-electron chi connectivity index (χ4n) is 5.02. The number of nitrogens with one attached hydrogen (secondary N) is 3. The lowest BCUT2D eigenvalue weighted by Gasteiger charge is -2.28. The highest BCUT2D eigenvalue weighted by Crippen LogP contribution is 2.21.